The van der Waals surface area contributed by atoms with Crippen molar-refractivity contribution in [3.63, 3.8) is 0 Å². The summed E-state index contributed by atoms with van der Waals surface area (Å²) in [6.07, 6.45) is 0.460. The number of nitrogens with one attached hydrogen (secondary N) is 7. The van der Waals surface area contributed by atoms with Crippen LogP contribution in [0, 0.1) is 53.1 Å². The van der Waals surface area contributed by atoms with Crippen LogP contribution in [-0.2, 0) is 62.3 Å². The van der Waals surface area contributed by atoms with E-state index in [0.29, 0.717) is 0 Å². The van der Waals surface area contributed by atoms with E-state index in [9.17, 15) is 72.5 Å². The minimum atomic E-state index is -1.26. The summed E-state index contributed by atoms with van der Waals surface area (Å²) in [5.41, 5.74) is -1.15. The number of carbonyl (C=O) groups excluding carboxylic acids is 13. The van der Waals surface area contributed by atoms with Crippen molar-refractivity contribution in [2.45, 2.75) is 223 Å². The van der Waals surface area contributed by atoms with Gasteiger partial charge in [-0.1, -0.05) is 121 Å². The first-order valence-electron chi connectivity index (χ1n) is 41.1. The zero-order chi connectivity index (χ0) is 90.2. The van der Waals surface area contributed by atoms with Crippen LogP contribution in [0.25, 0.3) is 22.0 Å². The third-order valence-corrected chi connectivity index (χ3v) is 21.8. The van der Waals surface area contributed by atoms with Crippen LogP contribution < -0.4 is 42.1 Å². The number of aromatic nitrogens is 2. The average Bonchev–Trinajstić information content (AvgIpc) is 0.746. The second kappa shape index (κ2) is 46.6. The number of fused-ring (bicyclic) bond motifs is 1. The largest absolute Gasteiger partial charge is 0.507 e. The first-order valence-corrected chi connectivity index (χ1v) is 41.5. The molecule has 0 saturated carbocycles. The lowest BCUT2D eigenvalue weighted by Crippen LogP contribution is -2.61. The Bertz CT molecular complexity index is 4050. The standard InChI is InChI=1S/C84H132ClF2N17O15/c1-25-57(93-65(108)43-63(106)51(15)30-32-89-64(107)31-33-90-84-95-72-54(74(96-84)104-36-34-103(35-37-104)66(109)26-2)42-55(85)68(70(72)87)69-56(86)28-27-29-62(69)105)80(116)97(19)44-67(110)98(20)58(38-45(3)4)77(113)94-71(49(11)12)83(119)99(21)59(39-46(5)6)76(112)91-52(16)75(111)92-53(17)79(115)100(22)60(40-47(7)8)81(117)101(23)61(41-48(9)10)82(118)102(24)73(50(13)14)78(114)88-18/h26-29,42,45-53,57-61,63,71,73,105-106H,2,25,30-41,43-44H2,1,3-24H3,(H,88,114)(H,89,107)(H,91,112)(H,92,111)(H,93,108)(H,94,113)(H,90,95,96)/t51-,52?,53-,57+,58+,59+,60+,61+,63+,71+,73+/m1/s1. The molecule has 1 saturated heterocycles. The van der Waals surface area contributed by atoms with E-state index in [4.69, 9.17) is 11.6 Å². The molecule has 3 aromatic rings. The molecule has 1 aromatic heterocycles. The second-order valence-electron chi connectivity index (χ2n) is 33.6. The van der Waals surface area contributed by atoms with Crippen LogP contribution in [0.2, 0.25) is 5.02 Å². The van der Waals surface area contributed by atoms with Crippen molar-refractivity contribution in [3.05, 3.63) is 53.6 Å². The molecule has 35 heteroatoms. The maximum absolute atomic E-state index is 16.7. The minimum Gasteiger partial charge on any atom is -0.507 e. The van der Waals surface area contributed by atoms with E-state index in [1.54, 1.807) is 32.6 Å². The SMILES string of the molecule is C=CC(=O)N1CCN(c2nc(NCCC(=O)NCC[C@@H](C)[C@@H](O)CC(=O)N[C@@H](CC)C(=O)N(C)CC(=O)N(C)[C@@H](CC(C)C)C(=O)N[C@H](C(=O)N(C)[C@@H](CC(C)C)C(=O)NC(C)C(=O)N[C@H](C)C(=O)N(C)[C@@H](CC(C)C)C(=O)N(C)[C@@H](CC(C)C)C(=O)N(C)[C@H](C(=O)NC)C(C)C)C(C)C)nc3c(F)c(-c4c(O)cccc4F)c(Cl)cc23)CC1. The monoisotopic (exact) mass is 1690 g/mol. The number of phenolic OH excluding ortho intramolecular Hbond substituents is 1. The van der Waals surface area contributed by atoms with Gasteiger partial charge < -0.3 is 86.6 Å². The number of piperazine rings is 1. The van der Waals surface area contributed by atoms with E-state index in [-0.39, 0.29) is 153 Å². The number of rotatable bonds is 44. The van der Waals surface area contributed by atoms with Gasteiger partial charge in [0.1, 0.15) is 77.3 Å². The van der Waals surface area contributed by atoms with Crippen molar-refractivity contribution in [1.82, 2.24) is 76.2 Å². The lowest BCUT2D eigenvalue weighted by atomic mass is 9.96. The van der Waals surface area contributed by atoms with Gasteiger partial charge >= 0.3 is 0 Å². The van der Waals surface area contributed by atoms with Gasteiger partial charge in [0.05, 0.1) is 29.7 Å². The smallest absolute Gasteiger partial charge is 0.246 e. The van der Waals surface area contributed by atoms with Gasteiger partial charge in [-0.2, -0.15) is 4.98 Å². The molecule has 4 rings (SSSR count). The third kappa shape index (κ3) is 28.1. The van der Waals surface area contributed by atoms with Gasteiger partial charge in [0.15, 0.2) is 5.82 Å². The van der Waals surface area contributed by atoms with Gasteiger partial charge in [-0.3, -0.25) is 62.3 Å². The maximum atomic E-state index is 16.7. The highest BCUT2D eigenvalue weighted by Gasteiger charge is 2.43. The van der Waals surface area contributed by atoms with Crippen molar-refractivity contribution >= 4 is 111 Å². The van der Waals surface area contributed by atoms with E-state index >= 15 is 8.78 Å². The molecule has 119 heavy (non-hydrogen) atoms. The summed E-state index contributed by atoms with van der Waals surface area (Å²) in [7, 11) is 10.1. The molecule has 13 amide bonds. The zero-order valence-corrected chi connectivity index (χ0v) is 74.6. The summed E-state index contributed by atoms with van der Waals surface area (Å²) in [6.45, 7) is 32.3. The summed E-state index contributed by atoms with van der Waals surface area (Å²) >= 11 is 6.61. The molecule has 0 radical (unpaired) electrons. The Kier molecular flexibility index (Phi) is 39.8. The van der Waals surface area contributed by atoms with Crippen LogP contribution in [0.15, 0.2) is 36.9 Å². The lowest BCUT2D eigenvalue weighted by molar-refractivity contribution is -0.153. The number of aliphatic hydroxyl groups excluding tert-OH is 1. The highest BCUT2D eigenvalue weighted by Crippen LogP contribution is 2.43. The molecular weight excluding hydrogens is 1560 g/mol. The zero-order valence-electron chi connectivity index (χ0n) is 73.8. The first kappa shape index (κ1) is 101. The van der Waals surface area contributed by atoms with Crippen molar-refractivity contribution in [3.8, 4) is 16.9 Å². The molecule has 2 heterocycles. The maximum Gasteiger partial charge on any atom is 0.246 e. The van der Waals surface area contributed by atoms with Crippen LogP contribution >= 0.6 is 11.6 Å². The Morgan fingerprint density at radius 1 is 0.597 bits per heavy atom. The molecule has 1 aliphatic rings. The van der Waals surface area contributed by atoms with Gasteiger partial charge in [-0.15, -0.1) is 0 Å². The molecule has 1 unspecified atom stereocenters. The number of nitrogens with zero attached hydrogens (tertiary/aromatic N) is 10. The van der Waals surface area contributed by atoms with Gasteiger partial charge in [0.25, 0.3) is 0 Å². The Labute approximate surface area is 705 Å². The van der Waals surface area contributed by atoms with Gasteiger partial charge in [-0.05, 0) is 118 Å². The van der Waals surface area contributed by atoms with E-state index in [2.05, 4.69) is 53.8 Å². The third-order valence-electron chi connectivity index (χ3n) is 21.5. The highest BCUT2D eigenvalue weighted by molar-refractivity contribution is 6.34. The fourth-order valence-corrected chi connectivity index (χ4v) is 14.6. The molecule has 1 aliphatic heterocycles. The molecule has 9 N–H and O–H groups in total. The van der Waals surface area contributed by atoms with Crippen molar-refractivity contribution in [2.24, 2.45) is 41.4 Å². The number of carbonyl (C=O) groups is 13. The van der Waals surface area contributed by atoms with Crippen LogP contribution in [0.5, 0.6) is 5.75 Å². The summed E-state index contributed by atoms with van der Waals surface area (Å²) in [6, 6.07) is -5.22. The van der Waals surface area contributed by atoms with Crippen molar-refractivity contribution < 1.29 is 81.3 Å². The van der Waals surface area contributed by atoms with Crippen molar-refractivity contribution in [2.75, 3.05) is 105 Å². The number of anilines is 2. The molecule has 11 atom stereocenters. The van der Waals surface area contributed by atoms with Gasteiger partial charge in [0, 0.05) is 106 Å². The summed E-state index contributed by atoms with van der Waals surface area (Å²) in [5.74, 6) is -11.6. The van der Waals surface area contributed by atoms with Crippen LogP contribution in [0.4, 0.5) is 20.5 Å². The van der Waals surface area contributed by atoms with Crippen molar-refractivity contribution in [1.29, 1.82) is 0 Å². The summed E-state index contributed by atoms with van der Waals surface area (Å²) in [5, 5.41) is 40.9. The Morgan fingerprint density at radius 2 is 1.12 bits per heavy atom. The fraction of sp³-hybridized carbons (Fsp3) is 0.655. The predicted molar refractivity (Wildman–Crippen MR) is 452 cm³/mol. The Hall–Kier alpha value is -9.86. The Balaban J connectivity index is 1.36. The molecule has 664 valence electrons. The predicted octanol–water partition coefficient (Wildman–Crippen LogP) is 5.69. The molecule has 32 nitrogen and oxygen atoms in total. The topological polar surface area (TPSA) is 398 Å². The van der Waals surface area contributed by atoms with Crippen LogP contribution in [-0.4, -0.2) is 287 Å². The van der Waals surface area contributed by atoms with Crippen LogP contribution in [0.3, 0.4) is 0 Å². The van der Waals surface area contributed by atoms with E-state index in [0.717, 1.165) is 11.0 Å². The van der Waals surface area contributed by atoms with E-state index in [1.165, 1.54) is 112 Å². The molecule has 2 aromatic carbocycles. The number of amides is 13. The molecule has 0 bridgehead atoms. The highest BCUT2D eigenvalue weighted by atomic mass is 35.5. The summed E-state index contributed by atoms with van der Waals surface area (Å²) in [4.78, 5) is 201. The minimum absolute atomic E-state index is 0.0412. The summed E-state index contributed by atoms with van der Waals surface area (Å²) < 4.78 is 31.8. The number of phenols is 1. The average molecular weight is 1690 g/mol. The number of likely N-dealkylation sites (N-methyl/N-ethyl adjacent to an activating group) is 7. The van der Waals surface area contributed by atoms with E-state index in [1.807, 2.05) is 74.1 Å². The fourth-order valence-electron chi connectivity index (χ4n) is 14.3. The normalized spacial score (nSPS) is 15.1. The number of hydrogen-bond donors (Lipinski definition) is 9. The number of aromatic hydroxyl groups is 1. The number of hydrogen-bond acceptors (Lipinski definition) is 19. The molecular formula is C84H132ClF2N17O15. The molecule has 1 fully saturated rings. The van der Waals surface area contributed by atoms with Gasteiger partial charge in [0.2, 0.25) is 82.7 Å². The molecule has 0 aliphatic carbocycles. The van der Waals surface area contributed by atoms with Gasteiger partial charge in [-0.25, -0.2) is 13.8 Å². The number of halogens is 3. The van der Waals surface area contributed by atoms with Crippen LogP contribution in [0.1, 0.15) is 162 Å². The first-order chi connectivity index (χ1) is 55.6. The number of benzene rings is 2. The number of aliphatic hydroxyl groups is 1. The van der Waals surface area contributed by atoms with E-state index < -0.39 is 179 Å². The lowest BCUT2D eigenvalue weighted by Gasteiger charge is -2.39. The molecule has 0 spiro atoms. The Morgan fingerprint density at radius 3 is 1.64 bits per heavy atom. The quantitative estimate of drug-likeness (QED) is 0.0307. The second-order valence-corrected chi connectivity index (χ2v) is 34.0.